The smallest absolute Gasteiger partial charge is 0.231 e. The lowest BCUT2D eigenvalue weighted by Gasteiger charge is -2.16. The van der Waals surface area contributed by atoms with Crippen LogP contribution in [-0.2, 0) is 9.59 Å². The predicted molar refractivity (Wildman–Crippen MR) is 96.6 cm³/mol. The van der Waals surface area contributed by atoms with Gasteiger partial charge in [0.25, 0.3) is 0 Å². The Morgan fingerprint density at radius 1 is 1.16 bits per heavy atom. The van der Waals surface area contributed by atoms with Gasteiger partial charge < -0.3 is 10.2 Å². The average Bonchev–Trinajstić information content (AvgIpc) is 3.35. The van der Waals surface area contributed by atoms with E-state index in [1.807, 2.05) is 30.3 Å². The van der Waals surface area contributed by atoms with Crippen molar-refractivity contribution in [3.63, 3.8) is 0 Å². The predicted octanol–water partition coefficient (Wildman–Crippen LogP) is 3.19. The van der Waals surface area contributed by atoms with Gasteiger partial charge in [-0.3, -0.25) is 9.59 Å². The van der Waals surface area contributed by atoms with E-state index in [2.05, 4.69) is 15.5 Å². The summed E-state index contributed by atoms with van der Waals surface area (Å²) in [6.45, 7) is 0.406. The van der Waals surface area contributed by atoms with Crippen molar-refractivity contribution >= 4 is 34.0 Å². The molecule has 2 fully saturated rings. The highest BCUT2D eigenvalue weighted by atomic mass is 32.1. The first kappa shape index (κ1) is 16.2. The number of aromatic nitrogens is 2. The van der Waals surface area contributed by atoms with Crippen LogP contribution in [0.4, 0.5) is 10.8 Å². The number of hydrogen-bond acceptors (Lipinski definition) is 5. The van der Waals surface area contributed by atoms with Gasteiger partial charge in [-0.25, -0.2) is 0 Å². The summed E-state index contributed by atoms with van der Waals surface area (Å²) < 4.78 is 0. The lowest BCUT2D eigenvalue weighted by molar-refractivity contribution is -0.122. The first-order valence-corrected chi connectivity index (χ1v) is 9.52. The van der Waals surface area contributed by atoms with E-state index < -0.39 is 0 Å². The van der Waals surface area contributed by atoms with E-state index in [0.29, 0.717) is 17.6 Å². The van der Waals surface area contributed by atoms with Crippen LogP contribution in [0.2, 0.25) is 0 Å². The molecule has 0 unspecified atom stereocenters. The molecule has 2 heterocycles. The second-order valence-corrected chi connectivity index (χ2v) is 7.67. The van der Waals surface area contributed by atoms with Crippen molar-refractivity contribution in [2.45, 2.75) is 38.0 Å². The fourth-order valence-electron chi connectivity index (χ4n) is 3.57. The molecule has 0 radical (unpaired) electrons. The Morgan fingerprint density at radius 3 is 2.68 bits per heavy atom. The molecule has 6 nitrogen and oxygen atoms in total. The fourth-order valence-corrected chi connectivity index (χ4v) is 4.49. The van der Waals surface area contributed by atoms with Crippen molar-refractivity contribution in [1.29, 1.82) is 0 Å². The second kappa shape index (κ2) is 6.92. The van der Waals surface area contributed by atoms with Crippen LogP contribution in [0.3, 0.4) is 0 Å². The molecule has 7 heteroatoms. The van der Waals surface area contributed by atoms with Gasteiger partial charge in [0.1, 0.15) is 5.01 Å². The minimum absolute atomic E-state index is 0.0183. The van der Waals surface area contributed by atoms with E-state index in [-0.39, 0.29) is 24.2 Å². The number of hydrogen-bond donors (Lipinski definition) is 1. The van der Waals surface area contributed by atoms with Crippen molar-refractivity contribution in [1.82, 2.24) is 10.2 Å². The van der Waals surface area contributed by atoms with Crippen LogP contribution < -0.4 is 10.2 Å². The molecule has 1 N–H and O–H groups in total. The Bertz CT molecular complexity index is 770. The molecule has 1 saturated heterocycles. The number of nitrogens with one attached hydrogen (secondary N) is 1. The molecule has 130 valence electrons. The zero-order valence-corrected chi connectivity index (χ0v) is 14.7. The van der Waals surface area contributed by atoms with Crippen LogP contribution in [0.1, 0.15) is 43.0 Å². The van der Waals surface area contributed by atoms with Crippen molar-refractivity contribution in [3.8, 4) is 0 Å². The summed E-state index contributed by atoms with van der Waals surface area (Å²) in [7, 11) is 0. The van der Waals surface area contributed by atoms with Gasteiger partial charge in [0.15, 0.2) is 0 Å². The van der Waals surface area contributed by atoms with Gasteiger partial charge in [0.05, 0.1) is 5.92 Å². The minimum atomic E-state index is -0.355. The molecule has 1 aromatic heterocycles. The maximum atomic E-state index is 12.5. The van der Waals surface area contributed by atoms with Gasteiger partial charge in [-0.05, 0) is 25.0 Å². The van der Waals surface area contributed by atoms with E-state index >= 15 is 0 Å². The Balaban J connectivity index is 1.39. The first-order valence-electron chi connectivity index (χ1n) is 8.70. The number of anilines is 2. The highest BCUT2D eigenvalue weighted by molar-refractivity contribution is 7.15. The molecule has 0 spiro atoms. The number of nitrogens with zero attached hydrogens (tertiary/aromatic N) is 3. The largest absolute Gasteiger partial charge is 0.312 e. The van der Waals surface area contributed by atoms with Gasteiger partial charge >= 0.3 is 0 Å². The number of carbonyl (C=O) groups excluding carboxylic acids is 2. The summed E-state index contributed by atoms with van der Waals surface area (Å²) in [5.41, 5.74) is 0.835. The van der Waals surface area contributed by atoms with Gasteiger partial charge in [0, 0.05) is 24.6 Å². The molecule has 2 aliphatic rings. The van der Waals surface area contributed by atoms with E-state index in [4.69, 9.17) is 0 Å². The first-order chi connectivity index (χ1) is 12.2. The summed E-state index contributed by atoms with van der Waals surface area (Å²) >= 11 is 1.46. The van der Waals surface area contributed by atoms with Crippen molar-refractivity contribution in [3.05, 3.63) is 35.3 Å². The SMILES string of the molecule is O=C(Nc1nnc(C2CCCC2)s1)[C@H]1CC(=O)N(c2ccccc2)C1. The summed E-state index contributed by atoms with van der Waals surface area (Å²) in [5.74, 6) is -0.0347. The summed E-state index contributed by atoms with van der Waals surface area (Å²) in [6, 6.07) is 9.46. The molecule has 25 heavy (non-hydrogen) atoms. The Morgan fingerprint density at radius 2 is 1.92 bits per heavy atom. The topological polar surface area (TPSA) is 75.2 Å². The molecular formula is C18H20N4O2S. The zero-order valence-electron chi connectivity index (χ0n) is 13.9. The highest BCUT2D eigenvalue weighted by Gasteiger charge is 2.35. The number of amides is 2. The monoisotopic (exact) mass is 356 g/mol. The van der Waals surface area contributed by atoms with Gasteiger partial charge in [-0.1, -0.05) is 42.4 Å². The van der Waals surface area contributed by atoms with Gasteiger partial charge in [-0.2, -0.15) is 0 Å². The molecule has 2 amide bonds. The Hall–Kier alpha value is -2.28. The maximum Gasteiger partial charge on any atom is 0.231 e. The molecule has 0 bridgehead atoms. The van der Waals surface area contributed by atoms with Crippen molar-refractivity contribution in [2.75, 3.05) is 16.8 Å². The third-order valence-electron chi connectivity index (χ3n) is 4.94. The highest BCUT2D eigenvalue weighted by Crippen LogP contribution is 2.36. The Kier molecular flexibility index (Phi) is 4.48. The van der Waals surface area contributed by atoms with Gasteiger partial charge in [0.2, 0.25) is 16.9 Å². The van der Waals surface area contributed by atoms with Crippen molar-refractivity contribution in [2.24, 2.45) is 5.92 Å². The van der Waals surface area contributed by atoms with Crippen LogP contribution in [0, 0.1) is 5.92 Å². The average molecular weight is 356 g/mol. The lowest BCUT2D eigenvalue weighted by Crippen LogP contribution is -2.28. The molecule has 1 aromatic carbocycles. The summed E-state index contributed by atoms with van der Waals surface area (Å²) in [6.07, 6.45) is 5.03. The molecule has 4 rings (SSSR count). The van der Waals surface area contributed by atoms with E-state index in [1.54, 1.807) is 4.90 Å². The standard InChI is InChI=1S/C18H20N4O2S/c23-15-10-13(11-22(15)14-8-2-1-3-9-14)16(24)19-18-21-20-17(25-18)12-6-4-5-7-12/h1-3,8-9,12-13H,4-7,10-11H2,(H,19,21,24)/t13-/m0/s1. The molecular weight excluding hydrogens is 336 g/mol. The lowest BCUT2D eigenvalue weighted by atomic mass is 10.1. The second-order valence-electron chi connectivity index (χ2n) is 6.66. The number of para-hydroxylation sites is 1. The zero-order chi connectivity index (χ0) is 17.2. The quantitative estimate of drug-likeness (QED) is 0.913. The van der Waals surface area contributed by atoms with Crippen LogP contribution in [-0.4, -0.2) is 28.6 Å². The minimum Gasteiger partial charge on any atom is -0.312 e. The van der Waals surface area contributed by atoms with Crippen LogP contribution >= 0.6 is 11.3 Å². The van der Waals surface area contributed by atoms with Crippen LogP contribution in [0.25, 0.3) is 0 Å². The van der Waals surface area contributed by atoms with Crippen LogP contribution in [0.5, 0.6) is 0 Å². The van der Waals surface area contributed by atoms with Gasteiger partial charge in [-0.15, -0.1) is 10.2 Å². The normalized spacial score (nSPS) is 21.0. The third kappa shape index (κ3) is 3.42. The maximum absolute atomic E-state index is 12.5. The van der Waals surface area contributed by atoms with Crippen molar-refractivity contribution < 1.29 is 9.59 Å². The molecule has 1 aliphatic carbocycles. The molecule has 1 saturated carbocycles. The van der Waals surface area contributed by atoms with Crippen LogP contribution in [0.15, 0.2) is 30.3 Å². The number of rotatable bonds is 4. The van der Waals surface area contributed by atoms with E-state index in [1.165, 1.54) is 24.2 Å². The molecule has 1 aliphatic heterocycles. The Labute approximate surface area is 150 Å². The summed E-state index contributed by atoms with van der Waals surface area (Å²) in [5, 5.41) is 12.7. The van der Waals surface area contributed by atoms with E-state index in [0.717, 1.165) is 23.5 Å². The number of benzene rings is 1. The number of carbonyl (C=O) groups is 2. The fraction of sp³-hybridized carbons (Fsp3) is 0.444. The third-order valence-corrected chi connectivity index (χ3v) is 5.94. The van der Waals surface area contributed by atoms with E-state index in [9.17, 15) is 9.59 Å². The molecule has 2 aromatic rings. The summed E-state index contributed by atoms with van der Waals surface area (Å²) in [4.78, 5) is 26.4. The molecule has 1 atom stereocenters.